The van der Waals surface area contributed by atoms with Gasteiger partial charge in [0.15, 0.2) is 11.5 Å². The predicted molar refractivity (Wildman–Crippen MR) is 80.4 cm³/mol. The van der Waals surface area contributed by atoms with Crippen molar-refractivity contribution < 1.29 is 14.3 Å². The second-order valence-electron chi connectivity index (χ2n) is 4.34. The Balaban J connectivity index is 2.08. The first-order valence-electron chi connectivity index (χ1n) is 6.24. The van der Waals surface area contributed by atoms with Crippen LogP contribution in [0.25, 0.3) is 0 Å². The van der Waals surface area contributed by atoms with Gasteiger partial charge in [-0.1, -0.05) is 17.4 Å². The molecule has 0 saturated carbocycles. The van der Waals surface area contributed by atoms with E-state index >= 15 is 0 Å². The number of amides is 1. The van der Waals surface area contributed by atoms with Crippen LogP contribution in [0.15, 0.2) is 23.0 Å². The van der Waals surface area contributed by atoms with Gasteiger partial charge in [-0.15, -0.1) is 0 Å². The molecule has 0 unspecified atom stereocenters. The molecule has 21 heavy (non-hydrogen) atoms. The fourth-order valence-electron chi connectivity index (χ4n) is 1.87. The van der Waals surface area contributed by atoms with Crippen LogP contribution in [0.2, 0.25) is 0 Å². The maximum absolute atomic E-state index is 12.0. The predicted octanol–water partition coefficient (Wildman–Crippen LogP) is 1.69. The Morgan fingerprint density at radius 2 is 2.00 bits per heavy atom. The summed E-state index contributed by atoms with van der Waals surface area (Å²) in [6.45, 7) is 2.04. The molecule has 1 aromatic carbocycles. The van der Waals surface area contributed by atoms with E-state index in [0.29, 0.717) is 28.6 Å². The molecule has 0 radical (unpaired) electrons. The molecule has 7 heteroatoms. The molecule has 0 aliphatic rings. The van der Waals surface area contributed by atoms with Crippen molar-refractivity contribution in [3.63, 3.8) is 0 Å². The molecule has 1 heterocycles. The van der Waals surface area contributed by atoms with Crippen molar-refractivity contribution in [2.75, 3.05) is 14.2 Å². The zero-order valence-corrected chi connectivity index (χ0v) is 12.8. The maximum atomic E-state index is 12.0. The third kappa shape index (κ3) is 3.43. The lowest BCUT2D eigenvalue weighted by atomic mass is 10.2. The number of hydrogen-bond donors (Lipinski definition) is 2. The van der Waals surface area contributed by atoms with Gasteiger partial charge >= 0.3 is 4.87 Å². The fraction of sp³-hybridized carbons (Fsp3) is 0.286. The van der Waals surface area contributed by atoms with Crippen molar-refractivity contribution in [1.29, 1.82) is 0 Å². The average molecular weight is 308 g/mol. The number of rotatable bonds is 5. The molecule has 6 nitrogen and oxygen atoms in total. The third-order valence-electron chi connectivity index (χ3n) is 2.93. The molecule has 112 valence electrons. The normalized spacial score (nSPS) is 10.2. The second kappa shape index (κ2) is 6.45. The highest BCUT2D eigenvalue weighted by molar-refractivity contribution is 7.11. The van der Waals surface area contributed by atoms with Crippen molar-refractivity contribution >= 4 is 17.2 Å². The van der Waals surface area contributed by atoms with Crippen molar-refractivity contribution in [3.05, 3.63) is 44.0 Å². The molecule has 2 N–H and O–H groups in total. The molecule has 0 aliphatic carbocycles. The zero-order chi connectivity index (χ0) is 15.4. The molecule has 1 aromatic heterocycles. The Morgan fingerprint density at radius 3 is 2.57 bits per heavy atom. The Kier molecular flexibility index (Phi) is 4.64. The van der Waals surface area contributed by atoms with Crippen LogP contribution in [0.3, 0.4) is 0 Å². The number of carbonyl (C=O) groups is 1. The van der Waals surface area contributed by atoms with E-state index in [1.165, 1.54) is 0 Å². The number of ether oxygens (including phenoxy) is 2. The number of aryl methyl sites for hydroxylation is 1. The number of nitrogens with one attached hydrogen (secondary N) is 2. The van der Waals surface area contributed by atoms with Gasteiger partial charge < -0.3 is 19.8 Å². The molecule has 0 atom stereocenters. The summed E-state index contributed by atoms with van der Waals surface area (Å²) in [5.74, 6) is 0.963. The lowest BCUT2D eigenvalue weighted by Crippen LogP contribution is -2.22. The molecule has 1 amide bonds. The van der Waals surface area contributed by atoms with Crippen molar-refractivity contribution in [2.24, 2.45) is 0 Å². The van der Waals surface area contributed by atoms with Gasteiger partial charge in [0, 0.05) is 12.2 Å². The Bertz CT molecular complexity index is 705. The minimum atomic E-state index is -0.273. The number of benzene rings is 1. The minimum Gasteiger partial charge on any atom is -0.493 e. The number of carbonyl (C=O) groups excluding carboxylic acids is 1. The summed E-state index contributed by atoms with van der Waals surface area (Å²) in [4.78, 5) is 26.0. The van der Waals surface area contributed by atoms with Gasteiger partial charge in [0.1, 0.15) is 4.88 Å². The Hall–Kier alpha value is -2.28. The number of aromatic amines is 1. The van der Waals surface area contributed by atoms with E-state index in [0.717, 1.165) is 16.9 Å². The van der Waals surface area contributed by atoms with E-state index in [1.807, 2.05) is 6.07 Å². The molecule has 0 aliphatic heterocycles. The minimum absolute atomic E-state index is 0.233. The first-order chi connectivity index (χ1) is 10.0. The summed E-state index contributed by atoms with van der Waals surface area (Å²) in [5.41, 5.74) is 1.45. The van der Waals surface area contributed by atoms with Gasteiger partial charge in [-0.2, -0.15) is 0 Å². The number of aromatic nitrogens is 1. The lowest BCUT2D eigenvalue weighted by molar-refractivity contribution is 0.0954. The van der Waals surface area contributed by atoms with Crippen molar-refractivity contribution in [3.8, 4) is 11.5 Å². The molecule has 2 rings (SSSR count). The molecule has 0 fully saturated rings. The van der Waals surface area contributed by atoms with E-state index in [4.69, 9.17) is 9.47 Å². The monoisotopic (exact) mass is 308 g/mol. The van der Waals surface area contributed by atoms with E-state index in [-0.39, 0.29) is 10.8 Å². The SMILES string of the molecule is COc1ccc(CNC(=O)c2sc(=O)[nH]c2C)cc1OC. The number of hydrogen-bond acceptors (Lipinski definition) is 5. The van der Waals surface area contributed by atoms with Crippen LogP contribution >= 0.6 is 11.3 Å². The van der Waals surface area contributed by atoms with Crippen molar-refractivity contribution in [1.82, 2.24) is 10.3 Å². The number of thiazole rings is 1. The molecular formula is C14H16N2O4S. The standard InChI is InChI=1S/C14H16N2O4S/c1-8-12(21-14(18)16-8)13(17)15-7-9-4-5-10(19-2)11(6-9)20-3/h4-6H,7H2,1-3H3,(H,15,17)(H,16,18). The van der Waals surface area contributed by atoms with Gasteiger partial charge in [0.05, 0.1) is 14.2 Å². The second-order valence-corrected chi connectivity index (χ2v) is 5.32. The first-order valence-corrected chi connectivity index (χ1v) is 7.05. The van der Waals surface area contributed by atoms with Crippen LogP contribution in [-0.4, -0.2) is 25.1 Å². The summed E-state index contributed by atoms with van der Waals surface area (Å²) in [6.07, 6.45) is 0. The Morgan fingerprint density at radius 1 is 1.29 bits per heavy atom. The average Bonchev–Trinajstić information content (AvgIpc) is 2.83. The van der Waals surface area contributed by atoms with Crippen LogP contribution in [0, 0.1) is 6.92 Å². The Labute approximate surface area is 125 Å². The van der Waals surface area contributed by atoms with E-state index in [1.54, 1.807) is 33.3 Å². The smallest absolute Gasteiger partial charge is 0.305 e. The van der Waals surface area contributed by atoms with Gasteiger partial charge in [-0.05, 0) is 24.6 Å². The topological polar surface area (TPSA) is 80.4 Å². The summed E-state index contributed by atoms with van der Waals surface area (Å²) in [6, 6.07) is 5.42. The molecular weight excluding hydrogens is 292 g/mol. The van der Waals surface area contributed by atoms with E-state index in [9.17, 15) is 9.59 Å². The molecule has 0 spiro atoms. The highest BCUT2D eigenvalue weighted by atomic mass is 32.1. The molecule has 2 aromatic rings. The van der Waals surface area contributed by atoms with Crippen LogP contribution in [0.5, 0.6) is 11.5 Å². The summed E-state index contributed by atoms with van der Waals surface area (Å²) < 4.78 is 10.4. The van der Waals surface area contributed by atoms with Crippen molar-refractivity contribution in [2.45, 2.75) is 13.5 Å². The molecule has 0 bridgehead atoms. The van der Waals surface area contributed by atoms with Crippen LogP contribution < -0.4 is 19.7 Å². The van der Waals surface area contributed by atoms with Crippen LogP contribution in [0.4, 0.5) is 0 Å². The summed E-state index contributed by atoms with van der Waals surface area (Å²) in [7, 11) is 3.12. The first kappa shape index (κ1) is 15.1. The molecule has 0 saturated heterocycles. The highest BCUT2D eigenvalue weighted by Gasteiger charge is 2.13. The fourth-order valence-corrected chi connectivity index (χ4v) is 2.63. The van der Waals surface area contributed by atoms with Gasteiger partial charge in [-0.3, -0.25) is 9.59 Å². The highest BCUT2D eigenvalue weighted by Crippen LogP contribution is 2.27. The summed E-state index contributed by atoms with van der Waals surface area (Å²) in [5, 5.41) is 2.77. The van der Waals surface area contributed by atoms with Gasteiger partial charge in [-0.25, -0.2) is 0 Å². The number of methoxy groups -OCH3 is 2. The van der Waals surface area contributed by atoms with Gasteiger partial charge in [0.2, 0.25) is 0 Å². The van der Waals surface area contributed by atoms with E-state index in [2.05, 4.69) is 10.3 Å². The number of H-pyrrole nitrogens is 1. The van der Waals surface area contributed by atoms with E-state index < -0.39 is 0 Å². The lowest BCUT2D eigenvalue weighted by Gasteiger charge is -2.10. The summed E-state index contributed by atoms with van der Waals surface area (Å²) >= 11 is 0.903. The maximum Gasteiger partial charge on any atom is 0.305 e. The quantitative estimate of drug-likeness (QED) is 0.881. The van der Waals surface area contributed by atoms with Gasteiger partial charge in [0.25, 0.3) is 5.91 Å². The third-order valence-corrected chi connectivity index (χ3v) is 3.92. The van der Waals surface area contributed by atoms with Crippen LogP contribution in [-0.2, 0) is 6.54 Å². The van der Waals surface area contributed by atoms with Crippen LogP contribution in [0.1, 0.15) is 20.9 Å². The largest absolute Gasteiger partial charge is 0.493 e. The zero-order valence-electron chi connectivity index (χ0n) is 12.0.